The van der Waals surface area contributed by atoms with Gasteiger partial charge in [-0.15, -0.1) is 0 Å². The number of carbonyl (C=O) groups is 1. The van der Waals surface area contributed by atoms with Crippen molar-refractivity contribution in [1.82, 2.24) is 9.78 Å². The topological polar surface area (TPSA) is 67.2 Å². The average Bonchev–Trinajstić information content (AvgIpc) is 2.83. The molecule has 1 aromatic carbocycles. The maximum atomic E-state index is 12.7. The summed E-state index contributed by atoms with van der Waals surface area (Å²) >= 11 is 0. The van der Waals surface area contributed by atoms with Crippen molar-refractivity contribution >= 4 is 11.7 Å². The van der Waals surface area contributed by atoms with Gasteiger partial charge in [0.2, 0.25) is 0 Å². The Morgan fingerprint density at radius 1 is 1.37 bits per heavy atom. The first kappa shape index (κ1) is 13.0. The number of nitrogens with one attached hydrogen (secondary N) is 1. The molecular formula is C12H11F2N3O2. The number of anilines is 1. The molecule has 0 atom stereocenters. The Hall–Kier alpha value is -2.44. The van der Waals surface area contributed by atoms with Gasteiger partial charge in [0.1, 0.15) is 0 Å². The zero-order chi connectivity index (χ0) is 14.0. The van der Waals surface area contributed by atoms with Gasteiger partial charge in [0.05, 0.1) is 23.1 Å². The number of carboxylic acids is 1. The summed E-state index contributed by atoms with van der Waals surface area (Å²) < 4.78 is 26.7. The predicted molar refractivity (Wildman–Crippen MR) is 65.0 cm³/mol. The molecule has 0 unspecified atom stereocenters. The van der Waals surface area contributed by atoms with Crippen LogP contribution in [0, 0.1) is 0 Å². The summed E-state index contributed by atoms with van der Waals surface area (Å²) in [5.41, 5.74) is 0.523. The van der Waals surface area contributed by atoms with Crippen molar-refractivity contribution < 1.29 is 18.7 Å². The molecule has 0 fully saturated rings. The molecule has 1 heterocycles. The van der Waals surface area contributed by atoms with E-state index >= 15 is 0 Å². The van der Waals surface area contributed by atoms with Gasteiger partial charge < -0.3 is 10.4 Å². The fourth-order valence-electron chi connectivity index (χ4n) is 1.63. The fraction of sp³-hybridized carbons (Fsp3) is 0.167. The summed E-state index contributed by atoms with van der Waals surface area (Å²) in [4.78, 5) is 10.7. The smallest absolute Gasteiger partial charge is 0.335 e. The Morgan fingerprint density at radius 3 is 2.42 bits per heavy atom. The van der Waals surface area contributed by atoms with Gasteiger partial charge in [-0.2, -0.15) is 5.10 Å². The fourth-order valence-corrected chi connectivity index (χ4v) is 1.63. The van der Waals surface area contributed by atoms with Crippen molar-refractivity contribution in [3.63, 3.8) is 0 Å². The molecule has 0 aliphatic heterocycles. The molecule has 0 aliphatic carbocycles. The first-order chi connectivity index (χ1) is 9.02. The van der Waals surface area contributed by atoms with Crippen molar-refractivity contribution in [2.45, 2.75) is 6.43 Å². The molecule has 100 valence electrons. The molecule has 0 radical (unpaired) electrons. The van der Waals surface area contributed by atoms with Crippen LogP contribution in [0.15, 0.2) is 30.5 Å². The molecule has 0 amide bonds. The molecule has 0 aliphatic rings. The lowest BCUT2D eigenvalue weighted by Crippen LogP contribution is -1.99. The summed E-state index contributed by atoms with van der Waals surface area (Å²) in [7, 11) is 1.53. The van der Waals surface area contributed by atoms with Crippen LogP contribution in [0.2, 0.25) is 0 Å². The van der Waals surface area contributed by atoms with Crippen molar-refractivity contribution in [3.05, 3.63) is 41.7 Å². The van der Waals surface area contributed by atoms with E-state index in [2.05, 4.69) is 10.4 Å². The van der Waals surface area contributed by atoms with Crippen LogP contribution in [0.25, 0.3) is 5.69 Å². The molecule has 1 aromatic heterocycles. The molecule has 0 bridgehead atoms. The molecule has 19 heavy (non-hydrogen) atoms. The van der Waals surface area contributed by atoms with E-state index in [0.717, 1.165) is 0 Å². The maximum Gasteiger partial charge on any atom is 0.335 e. The summed E-state index contributed by atoms with van der Waals surface area (Å²) in [6, 6.07) is 5.79. The molecule has 2 aromatic rings. The highest BCUT2D eigenvalue weighted by atomic mass is 19.3. The number of rotatable bonds is 4. The van der Waals surface area contributed by atoms with Gasteiger partial charge >= 0.3 is 5.97 Å². The molecule has 2 rings (SSSR count). The zero-order valence-corrected chi connectivity index (χ0v) is 9.97. The lowest BCUT2D eigenvalue weighted by Gasteiger charge is -2.01. The van der Waals surface area contributed by atoms with E-state index in [9.17, 15) is 13.6 Å². The third-order valence-electron chi connectivity index (χ3n) is 2.60. The van der Waals surface area contributed by atoms with E-state index in [4.69, 9.17) is 5.11 Å². The minimum Gasteiger partial charge on any atom is -0.478 e. The third-order valence-corrected chi connectivity index (χ3v) is 2.60. The molecule has 7 heteroatoms. The van der Waals surface area contributed by atoms with E-state index in [-0.39, 0.29) is 16.9 Å². The van der Waals surface area contributed by atoms with E-state index in [1.807, 2.05) is 0 Å². The number of benzene rings is 1. The van der Waals surface area contributed by atoms with Gasteiger partial charge in [0, 0.05) is 7.05 Å². The van der Waals surface area contributed by atoms with Gasteiger partial charge in [-0.25, -0.2) is 18.3 Å². The van der Waals surface area contributed by atoms with Gasteiger partial charge in [0.25, 0.3) is 6.43 Å². The lowest BCUT2D eigenvalue weighted by molar-refractivity contribution is 0.0697. The van der Waals surface area contributed by atoms with Gasteiger partial charge in [0.15, 0.2) is 5.69 Å². The van der Waals surface area contributed by atoms with Crippen LogP contribution < -0.4 is 5.32 Å². The predicted octanol–water partition coefficient (Wildman–Crippen LogP) is 2.55. The zero-order valence-electron chi connectivity index (χ0n) is 9.97. The molecule has 2 N–H and O–H groups in total. The molecule has 0 saturated heterocycles. The molecule has 0 saturated carbocycles. The first-order valence-electron chi connectivity index (χ1n) is 5.42. The number of hydrogen-bond donors (Lipinski definition) is 2. The van der Waals surface area contributed by atoms with Crippen LogP contribution >= 0.6 is 0 Å². The second-order valence-corrected chi connectivity index (χ2v) is 3.78. The number of aromatic carboxylic acids is 1. The molecule has 0 spiro atoms. The Balaban J connectivity index is 2.39. The SMILES string of the molecule is CNc1cn(-c2ccc(C(=O)O)cc2)nc1C(F)F. The van der Waals surface area contributed by atoms with Crippen molar-refractivity contribution in [1.29, 1.82) is 0 Å². The van der Waals surface area contributed by atoms with Crippen LogP contribution in [0.1, 0.15) is 22.5 Å². The van der Waals surface area contributed by atoms with E-state index < -0.39 is 12.4 Å². The second kappa shape index (κ2) is 5.05. The van der Waals surface area contributed by atoms with Crippen molar-refractivity contribution in [3.8, 4) is 5.69 Å². The number of halogens is 2. The van der Waals surface area contributed by atoms with Crippen LogP contribution in [0.4, 0.5) is 14.5 Å². The standard InChI is InChI=1S/C12H11F2N3O2/c1-15-9-6-17(16-10(9)11(13)14)8-4-2-7(3-5-8)12(18)19/h2-6,11,15H,1H3,(H,18,19). The van der Waals surface area contributed by atoms with E-state index in [1.165, 1.54) is 42.2 Å². The number of carboxylic acid groups (broad SMARTS) is 1. The largest absolute Gasteiger partial charge is 0.478 e. The van der Waals surface area contributed by atoms with Gasteiger partial charge in [-0.3, -0.25) is 0 Å². The van der Waals surface area contributed by atoms with E-state index in [1.54, 1.807) is 0 Å². The Kier molecular flexibility index (Phi) is 3.46. The number of nitrogens with zero attached hydrogens (tertiary/aromatic N) is 2. The highest BCUT2D eigenvalue weighted by molar-refractivity contribution is 5.87. The number of hydrogen-bond acceptors (Lipinski definition) is 3. The molecule has 5 nitrogen and oxygen atoms in total. The average molecular weight is 267 g/mol. The van der Waals surface area contributed by atoms with Crippen LogP contribution in [-0.4, -0.2) is 27.9 Å². The normalized spacial score (nSPS) is 10.7. The second-order valence-electron chi connectivity index (χ2n) is 3.78. The summed E-state index contributed by atoms with van der Waals surface area (Å²) in [5, 5.41) is 15.2. The Bertz CT molecular complexity index is 594. The van der Waals surface area contributed by atoms with Gasteiger partial charge in [-0.1, -0.05) is 0 Å². The first-order valence-corrected chi connectivity index (χ1v) is 5.42. The minimum absolute atomic E-state index is 0.124. The number of aromatic nitrogens is 2. The van der Waals surface area contributed by atoms with Gasteiger partial charge in [-0.05, 0) is 24.3 Å². The lowest BCUT2D eigenvalue weighted by atomic mass is 10.2. The maximum absolute atomic E-state index is 12.7. The third kappa shape index (κ3) is 2.54. The highest BCUT2D eigenvalue weighted by Gasteiger charge is 2.18. The number of alkyl halides is 2. The van der Waals surface area contributed by atoms with Crippen LogP contribution in [0.5, 0.6) is 0 Å². The highest BCUT2D eigenvalue weighted by Crippen LogP contribution is 2.26. The molecular weight excluding hydrogens is 256 g/mol. The van der Waals surface area contributed by atoms with Crippen molar-refractivity contribution in [2.75, 3.05) is 12.4 Å². The van der Waals surface area contributed by atoms with Crippen LogP contribution in [-0.2, 0) is 0 Å². The van der Waals surface area contributed by atoms with E-state index in [0.29, 0.717) is 5.69 Å². The Morgan fingerprint density at radius 2 is 2.00 bits per heavy atom. The minimum atomic E-state index is -2.68. The monoisotopic (exact) mass is 267 g/mol. The summed E-state index contributed by atoms with van der Waals surface area (Å²) in [5.74, 6) is -1.05. The van der Waals surface area contributed by atoms with Crippen LogP contribution in [0.3, 0.4) is 0 Å². The summed E-state index contributed by atoms with van der Waals surface area (Å²) in [6.07, 6.45) is -1.25. The quantitative estimate of drug-likeness (QED) is 0.893. The Labute approximate surface area is 107 Å². The summed E-state index contributed by atoms with van der Waals surface area (Å²) in [6.45, 7) is 0. The van der Waals surface area contributed by atoms with Crippen molar-refractivity contribution in [2.24, 2.45) is 0 Å².